The standard InChI is InChI=1S/C23H24N4O3/c1-2-7-20(27-21(28)16-17-8-4-3-5-9-17)22(29)26-18-10-12-19(13-11-18)30-23-24-14-6-15-25-23/h3-6,8-15,20H,2,7,16H2,1H3,(H,26,29)(H,27,28). The Morgan fingerprint density at radius 3 is 2.33 bits per heavy atom. The molecule has 30 heavy (non-hydrogen) atoms. The summed E-state index contributed by atoms with van der Waals surface area (Å²) in [5.41, 5.74) is 1.52. The highest BCUT2D eigenvalue weighted by Gasteiger charge is 2.20. The minimum absolute atomic E-state index is 0.179. The van der Waals surface area contributed by atoms with Crippen molar-refractivity contribution >= 4 is 17.5 Å². The topological polar surface area (TPSA) is 93.2 Å². The maximum Gasteiger partial charge on any atom is 0.321 e. The lowest BCUT2D eigenvalue weighted by molar-refractivity contribution is -0.126. The van der Waals surface area contributed by atoms with Gasteiger partial charge in [0.1, 0.15) is 11.8 Å². The Balaban J connectivity index is 1.56. The van der Waals surface area contributed by atoms with E-state index in [1.54, 1.807) is 42.7 Å². The number of ether oxygens (including phenoxy) is 1. The van der Waals surface area contributed by atoms with E-state index in [1.807, 2.05) is 37.3 Å². The molecule has 2 aromatic carbocycles. The second-order valence-corrected chi connectivity index (χ2v) is 6.72. The van der Waals surface area contributed by atoms with Crippen LogP contribution in [0.25, 0.3) is 0 Å². The molecule has 0 bridgehead atoms. The van der Waals surface area contributed by atoms with E-state index in [0.717, 1.165) is 12.0 Å². The van der Waals surface area contributed by atoms with Crippen LogP contribution in [0.2, 0.25) is 0 Å². The van der Waals surface area contributed by atoms with Crippen molar-refractivity contribution in [1.29, 1.82) is 0 Å². The molecule has 0 saturated heterocycles. The predicted octanol–water partition coefficient (Wildman–Crippen LogP) is 3.74. The quantitative estimate of drug-likeness (QED) is 0.567. The molecule has 2 N–H and O–H groups in total. The molecule has 0 spiro atoms. The first-order chi connectivity index (χ1) is 14.6. The van der Waals surface area contributed by atoms with Crippen LogP contribution in [-0.2, 0) is 16.0 Å². The van der Waals surface area contributed by atoms with E-state index in [2.05, 4.69) is 20.6 Å². The van der Waals surface area contributed by atoms with Crippen molar-refractivity contribution in [1.82, 2.24) is 15.3 Å². The molecule has 0 aliphatic rings. The highest BCUT2D eigenvalue weighted by molar-refractivity contribution is 5.97. The third-order valence-corrected chi connectivity index (χ3v) is 4.31. The number of hydrogen-bond donors (Lipinski definition) is 2. The van der Waals surface area contributed by atoms with Crippen LogP contribution in [0.3, 0.4) is 0 Å². The van der Waals surface area contributed by atoms with Crippen LogP contribution >= 0.6 is 0 Å². The molecular weight excluding hydrogens is 380 g/mol. The van der Waals surface area contributed by atoms with Crippen LogP contribution in [0.15, 0.2) is 73.1 Å². The Kier molecular flexibility index (Phi) is 7.49. The molecule has 154 valence electrons. The highest BCUT2D eigenvalue weighted by atomic mass is 16.5. The van der Waals surface area contributed by atoms with Gasteiger partial charge in [0.15, 0.2) is 0 Å². The summed E-state index contributed by atoms with van der Waals surface area (Å²) in [5.74, 6) is 0.125. The normalized spacial score (nSPS) is 11.4. The summed E-state index contributed by atoms with van der Waals surface area (Å²) >= 11 is 0. The first kappa shape index (κ1) is 21.0. The number of hydrogen-bond acceptors (Lipinski definition) is 5. The molecule has 0 aliphatic carbocycles. The molecule has 1 unspecified atom stereocenters. The maximum absolute atomic E-state index is 12.7. The fourth-order valence-electron chi connectivity index (χ4n) is 2.86. The van der Waals surface area contributed by atoms with Gasteiger partial charge in [-0.1, -0.05) is 43.7 Å². The van der Waals surface area contributed by atoms with Gasteiger partial charge < -0.3 is 15.4 Å². The van der Waals surface area contributed by atoms with E-state index in [4.69, 9.17) is 4.74 Å². The lowest BCUT2D eigenvalue weighted by Gasteiger charge is -2.18. The molecule has 7 heteroatoms. The molecule has 2 amide bonds. The number of amides is 2. The van der Waals surface area contributed by atoms with E-state index in [0.29, 0.717) is 17.9 Å². The molecule has 7 nitrogen and oxygen atoms in total. The Morgan fingerprint density at radius 2 is 1.67 bits per heavy atom. The highest BCUT2D eigenvalue weighted by Crippen LogP contribution is 2.20. The first-order valence-corrected chi connectivity index (χ1v) is 9.83. The van der Waals surface area contributed by atoms with Crippen LogP contribution in [0.1, 0.15) is 25.3 Å². The van der Waals surface area contributed by atoms with Gasteiger partial charge in [-0.2, -0.15) is 0 Å². The van der Waals surface area contributed by atoms with E-state index < -0.39 is 6.04 Å². The van der Waals surface area contributed by atoms with E-state index in [-0.39, 0.29) is 24.2 Å². The lowest BCUT2D eigenvalue weighted by Crippen LogP contribution is -2.44. The van der Waals surface area contributed by atoms with Crippen LogP contribution in [-0.4, -0.2) is 27.8 Å². The number of anilines is 1. The van der Waals surface area contributed by atoms with Crippen LogP contribution in [0, 0.1) is 0 Å². The molecule has 0 aliphatic heterocycles. The Hall–Kier alpha value is -3.74. The van der Waals surface area contributed by atoms with Crippen LogP contribution < -0.4 is 15.4 Å². The summed E-state index contributed by atoms with van der Waals surface area (Å²) < 4.78 is 5.54. The van der Waals surface area contributed by atoms with Gasteiger partial charge >= 0.3 is 6.01 Å². The molecular formula is C23H24N4O3. The molecule has 3 rings (SSSR count). The smallest absolute Gasteiger partial charge is 0.321 e. The van der Waals surface area contributed by atoms with Crippen molar-refractivity contribution in [3.8, 4) is 11.8 Å². The second-order valence-electron chi connectivity index (χ2n) is 6.72. The summed E-state index contributed by atoms with van der Waals surface area (Å²) in [6.45, 7) is 1.97. The van der Waals surface area contributed by atoms with Crippen molar-refractivity contribution in [3.63, 3.8) is 0 Å². The molecule has 3 aromatic rings. The summed E-state index contributed by atoms with van der Waals surface area (Å²) in [7, 11) is 0. The molecule has 0 fully saturated rings. The fraction of sp³-hybridized carbons (Fsp3) is 0.217. The third kappa shape index (κ3) is 6.41. The van der Waals surface area contributed by atoms with Gasteiger partial charge in [-0.15, -0.1) is 0 Å². The Morgan fingerprint density at radius 1 is 0.967 bits per heavy atom. The van der Waals surface area contributed by atoms with E-state index >= 15 is 0 Å². The van der Waals surface area contributed by atoms with Gasteiger partial charge in [-0.25, -0.2) is 9.97 Å². The van der Waals surface area contributed by atoms with Crippen molar-refractivity contribution in [3.05, 3.63) is 78.6 Å². The number of rotatable bonds is 9. The van der Waals surface area contributed by atoms with Crippen molar-refractivity contribution in [2.75, 3.05) is 5.32 Å². The fourth-order valence-corrected chi connectivity index (χ4v) is 2.86. The number of aromatic nitrogens is 2. The number of benzene rings is 2. The average Bonchev–Trinajstić information content (AvgIpc) is 2.76. The zero-order chi connectivity index (χ0) is 21.2. The predicted molar refractivity (Wildman–Crippen MR) is 114 cm³/mol. The zero-order valence-corrected chi connectivity index (χ0v) is 16.7. The second kappa shape index (κ2) is 10.7. The number of carbonyl (C=O) groups excluding carboxylic acids is 2. The van der Waals surface area contributed by atoms with E-state index in [1.165, 1.54) is 0 Å². The minimum atomic E-state index is -0.597. The number of carbonyl (C=O) groups is 2. The monoisotopic (exact) mass is 404 g/mol. The first-order valence-electron chi connectivity index (χ1n) is 9.83. The van der Waals surface area contributed by atoms with Gasteiger partial charge in [0.05, 0.1) is 6.42 Å². The Bertz CT molecular complexity index is 947. The van der Waals surface area contributed by atoms with Crippen molar-refractivity contribution in [2.45, 2.75) is 32.2 Å². The van der Waals surface area contributed by atoms with Gasteiger partial charge in [0.25, 0.3) is 0 Å². The number of nitrogens with zero attached hydrogens (tertiary/aromatic N) is 2. The van der Waals surface area contributed by atoms with Gasteiger partial charge in [-0.3, -0.25) is 9.59 Å². The van der Waals surface area contributed by atoms with Crippen LogP contribution in [0.5, 0.6) is 11.8 Å². The largest absolute Gasteiger partial charge is 0.424 e. The maximum atomic E-state index is 12.7. The molecule has 1 heterocycles. The zero-order valence-electron chi connectivity index (χ0n) is 16.7. The minimum Gasteiger partial charge on any atom is -0.424 e. The lowest BCUT2D eigenvalue weighted by atomic mass is 10.1. The van der Waals surface area contributed by atoms with Gasteiger partial charge in [0, 0.05) is 18.1 Å². The van der Waals surface area contributed by atoms with Crippen LogP contribution in [0.4, 0.5) is 5.69 Å². The summed E-state index contributed by atoms with van der Waals surface area (Å²) in [6.07, 6.45) is 4.75. The summed E-state index contributed by atoms with van der Waals surface area (Å²) in [6, 6.07) is 17.7. The SMILES string of the molecule is CCCC(NC(=O)Cc1ccccc1)C(=O)Nc1ccc(Oc2ncccn2)cc1. The summed E-state index contributed by atoms with van der Waals surface area (Å²) in [4.78, 5) is 33.0. The molecule has 1 atom stereocenters. The molecule has 0 saturated carbocycles. The van der Waals surface area contributed by atoms with E-state index in [9.17, 15) is 9.59 Å². The molecule has 1 aromatic heterocycles. The van der Waals surface area contributed by atoms with Gasteiger partial charge in [-0.05, 0) is 42.3 Å². The average molecular weight is 404 g/mol. The third-order valence-electron chi connectivity index (χ3n) is 4.31. The van der Waals surface area contributed by atoms with Crippen molar-refractivity contribution < 1.29 is 14.3 Å². The molecule has 0 radical (unpaired) electrons. The summed E-state index contributed by atoms with van der Waals surface area (Å²) in [5, 5.41) is 5.68. The van der Waals surface area contributed by atoms with Crippen molar-refractivity contribution in [2.24, 2.45) is 0 Å². The van der Waals surface area contributed by atoms with Gasteiger partial charge in [0.2, 0.25) is 11.8 Å². The Labute approximate surface area is 175 Å². The number of nitrogens with one attached hydrogen (secondary N) is 2.